The fraction of sp³-hybridized carbons (Fsp3) is 0.273. The second-order valence-electron chi connectivity index (χ2n) is 7.06. The van der Waals surface area contributed by atoms with Gasteiger partial charge in [0, 0.05) is 5.92 Å². The summed E-state index contributed by atoms with van der Waals surface area (Å²) in [4.78, 5) is 18.6. The van der Waals surface area contributed by atoms with Crippen LogP contribution in [0.5, 0.6) is 11.5 Å². The summed E-state index contributed by atoms with van der Waals surface area (Å²) in [6.45, 7) is 6.36. The van der Waals surface area contributed by atoms with Crippen molar-refractivity contribution in [3.05, 3.63) is 64.8 Å². The fourth-order valence-corrected chi connectivity index (χ4v) is 4.12. The average Bonchev–Trinajstić information content (AvgIpc) is 3.35. The lowest BCUT2D eigenvalue weighted by Crippen LogP contribution is -2.27. The van der Waals surface area contributed by atoms with Crippen LogP contribution in [0.25, 0.3) is 10.4 Å². The predicted molar refractivity (Wildman–Crippen MR) is 110 cm³/mol. The number of ether oxygens (including phenoxy) is 2. The van der Waals surface area contributed by atoms with Gasteiger partial charge in [-0.25, -0.2) is 4.98 Å². The number of hydrogen-bond donors (Lipinski definition) is 1. The minimum Gasteiger partial charge on any atom is -0.454 e. The number of hydrogen-bond acceptors (Lipinski definition) is 5. The lowest BCUT2D eigenvalue weighted by atomic mass is 10.1. The van der Waals surface area contributed by atoms with Gasteiger partial charge in [-0.3, -0.25) is 4.79 Å². The molecule has 144 valence electrons. The highest BCUT2D eigenvalue weighted by atomic mass is 32.1. The Morgan fingerprint density at radius 1 is 1.07 bits per heavy atom. The van der Waals surface area contributed by atoms with Crippen molar-refractivity contribution in [1.29, 1.82) is 0 Å². The molecule has 5 nitrogen and oxygen atoms in total. The topological polar surface area (TPSA) is 60.5 Å². The molecule has 6 heteroatoms. The maximum absolute atomic E-state index is 13.1. The zero-order chi connectivity index (χ0) is 19.7. The maximum Gasteiger partial charge on any atom is 0.271 e. The second kappa shape index (κ2) is 7.64. The van der Waals surface area contributed by atoms with Crippen LogP contribution in [0.1, 0.15) is 53.8 Å². The molecule has 0 radical (unpaired) electrons. The van der Waals surface area contributed by atoms with Gasteiger partial charge in [-0.1, -0.05) is 44.2 Å². The molecule has 0 bridgehead atoms. The quantitative estimate of drug-likeness (QED) is 0.650. The molecule has 28 heavy (non-hydrogen) atoms. The molecule has 1 aromatic heterocycles. The maximum atomic E-state index is 13.1. The van der Waals surface area contributed by atoms with Crippen molar-refractivity contribution in [1.82, 2.24) is 10.3 Å². The van der Waals surface area contributed by atoms with E-state index in [1.54, 1.807) is 11.3 Å². The van der Waals surface area contributed by atoms with Gasteiger partial charge in [0.05, 0.1) is 15.9 Å². The molecule has 4 rings (SSSR count). The van der Waals surface area contributed by atoms with Crippen molar-refractivity contribution in [3.8, 4) is 21.9 Å². The van der Waals surface area contributed by atoms with Crippen molar-refractivity contribution < 1.29 is 14.3 Å². The summed E-state index contributed by atoms with van der Waals surface area (Å²) in [6.07, 6.45) is 0. The van der Waals surface area contributed by atoms with Gasteiger partial charge in [-0.05, 0) is 36.2 Å². The lowest BCUT2D eigenvalue weighted by Gasteiger charge is -2.14. The number of nitrogens with one attached hydrogen (secondary N) is 1. The lowest BCUT2D eigenvalue weighted by molar-refractivity contribution is 0.0936. The minimum absolute atomic E-state index is 0.109. The van der Waals surface area contributed by atoms with E-state index in [4.69, 9.17) is 9.47 Å². The van der Waals surface area contributed by atoms with Crippen LogP contribution in [0, 0.1) is 0 Å². The summed E-state index contributed by atoms with van der Waals surface area (Å²) >= 11 is 1.55. The summed E-state index contributed by atoms with van der Waals surface area (Å²) in [6, 6.07) is 15.5. The van der Waals surface area contributed by atoms with Gasteiger partial charge in [0.2, 0.25) is 6.79 Å². The van der Waals surface area contributed by atoms with E-state index in [1.807, 2.05) is 55.5 Å². The molecule has 1 aliphatic rings. The van der Waals surface area contributed by atoms with Gasteiger partial charge in [0.1, 0.15) is 5.69 Å². The van der Waals surface area contributed by atoms with E-state index < -0.39 is 0 Å². The van der Waals surface area contributed by atoms with Gasteiger partial charge < -0.3 is 14.8 Å². The number of carbonyl (C=O) groups excluding carboxylic acids is 1. The Morgan fingerprint density at radius 2 is 1.82 bits per heavy atom. The number of benzene rings is 2. The molecular formula is C22H22N2O3S. The Labute approximate surface area is 168 Å². The van der Waals surface area contributed by atoms with Crippen molar-refractivity contribution in [3.63, 3.8) is 0 Å². The van der Waals surface area contributed by atoms with E-state index in [1.165, 1.54) is 0 Å². The number of rotatable bonds is 5. The normalized spacial score (nSPS) is 13.6. The summed E-state index contributed by atoms with van der Waals surface area (Å²) in [5.41, 5.74) is 2.42. The van der Waals surface area contributed by atoms with Crippen LogP contribution in [-0.4, -0.2) is 17.7 Å². The fourth-order valence-electron chi connectivity index (χ4n) is 3.06. The Kier molecular flexibility index (Phi) is 5.05. The molecule has 0 saturated heterocycles. The smallest absolute Gasteiger partial charge is 0.271 e. The molecule has 2 aromatic carbocycles. The number of nitrogens with zero attached hydrogens (tertiary/aromatic N) is 1. The highest BCUT2D eigenvalue weighted by molar-refractivity contribution is 7.15. The zero-order valence-electron chi connectivity index (χ0n) is 16.1. The highest BCUT2D eigenvalue weighted by Gasteiger charge is 2.24. The van der Waals surface area contributed by atoms with Gasteiger partial charge in [-0.15, -0.1) is 11.3 Å². The molecule has 3 aromatic rings. The molecule has 0 unspecified atom stereocenters. The van der Waals surface area contributed by atoms with Crippen LogP contribution in [0.2, 0.25) is 0 Å². The van der Waals surface area contributed by atoms with Crippen LogP contribution >= 0.6 is 11.3 Å². The SMILES string of the molecule is CC(C)c1nc(C(=O)N[C@@H](C)c2ccccc2)c(-c2ccc3c(c2)OCO3)s1. The van der Waals surface area contributed by atoms with Gasteiger partial charge in [-0.2, -0.15) is 0 Å². The highest BCUT2D eigenvalue weighted by Crippen LogP contribution is 2.40. The van der Waals surface area contributed by atoms with Gasteiger partial charge in [0.25, 0.3) is 5.91 Å². The first kappa shape index (κ1) is 18.5. The number of thiazole rings is 1. The van der Waals surface area contributed by atoms with E-state index in [0.29, 0.717) is 11.4 Å². The van der Waals surface area contributed by atoms with E-state index in [2.05, 4.69) is 24.1 Å². The summed E-state index contributed by atoms with van der Waals surface area (Å²) in [5, 5.41) is 4.01. The zero-order valence-corrected chi connectivity index (χ0v) is 16.9. The van der Waals surface area contributed by atoms with Crippen molar-refractivity contribution in [2.45, 2.75) is 32.7 Å². The Morgan fingerprint density at radius 3 is 2.57 bits per heavy atom. The third-order valence-corrected chi connectivity index (χ3v) is 6.04. The van der Waals surface area contributed by atoms with Crippen LogP contribution in [0.3, 0.4) is 0 Å². The number of carbonyl (C=O) groups is 1. The first-order chi connectivity index (χ1) is 13.5. The Balaban J connectivity index is 1.67. The summed E-state index contributed by atoms with van der Waals surface area (Å²) < 4.78 is 10.9. The molecule has 1 atom stereocenters. The third-order valence-electron chi connectivity index (χ3n) is 4.63. The Bertz CT molecular complexity index is 998. The van der Waals surface area contributed by atoms with E-state index >= 15 is 0 Å². The van der Waals surface area contributed by atoms with E-state index in [0.717, 1.165) is 26.8 Å². The molecule has 0 spiro atoms. The third kappa shape index (κ3) is 3.60. The largest absolute Gasteiger partial charge is 0.454 e. The molecular weight excluding hydrogens is 372 g/mol. The van der Waals surface area contributed by atoms with E-state index in [-0.39, 0.29) is 24.7 Å². The first-order valence-corrected chi connectivity index (χ1v) is 10.1. The predicted octanol–water partition coefficient (Wildman–Crippen LogP) is 5.15. The number of aromatic nitrogens is 1. The second-order valence-corrected chi connectivity index (χ2v) is 8.09. The summed E-state index contributed by atoms with van der Waals surface area (Å²) in [5.74, 6) is 1.49. The Hall–Kier alpha value is -2.86. The molecule has 0 fully saturated rings. The van der Waals surface area contributed by atoms with E-state index in [9.17, 15) is 4.79 Å². The standard InChI is InChI=1S/C22H22N2O3S/c1-13(2)22-24-19(21(25)23-14(3)15-7-5-4-6-8-15)20(28-22)16-9-10-17-18(11-16)27-12-26-17/h4-11,13-14H,12H2,1-3H3,(H,23,25)/t14-/m0/s1. The van der Waals surface area contributed by atoms with Crippen LogP contribution in [0.15, 0.2) is 48.5 Å². The minimum atomic E-state index is -0.174. The molecule has 1 N–H and O–H groups in total. The average molecular weight is 394 g/mol. The van der Waals surface area contributed by atoms with Crippen LogP contribution < -0.4 is 14.8 Å². The van der Waals surface area contributed by atoms with Crippen molar-refractivity contribution >= 4 is 17.2 Å². The monoisotopic (exact) mass is 394 g/mol. The molecule has 1 amide bonds. The summed E-state index contributed by atoms with van der Waals surface area (Å²) in [7, 11) is 0. The van der Waals surface area contributed by atoms with Gasteiger partial charge >= 0.3 is 0 Å². The van der Waals surface area contributed by atoms with Crippen LogP contribution in [0.4, 0.5) is 0 Å². The number of amides is 1. The van der Waals surface area contributed by atoms with Crippen LogP contribution in [-0.2, 0) is 0 Å². The molecule has 0 aliphatic carbocycles. The molecule has 1 aliphatic heterocycles. The number of fused-ring (bicyclic) bond motifs is 1. The molecule has 2 heterocycles. The first-order valence-electron chi connectivity index (χ1n) is 9.29. The van der Waals surface area contributed by atoms with Crippen molar-refractivity contribution in [2.24, 2.45) is 0 Å². The van der Waals surface area contributed by atoms with Crippen molar-refractivity contribution in [2.75, 3.05) is 6.79 Å². The molecule has 0 saturated carbocycles. The van der Waals surface area contributed by atoms with Gasteiger partial charge in [0.15, 0.2) is 11.5 Å².